The van der Waals surface area contributed by atoms with Crippen molar-refractivity contribution in [3.05, 3.63) is 65.1 Å². The number of piperazine rings is 1. The zero-order chi connectivity index (χ0) is 19.8. The van der Waals surface area contributed by atoms with E-state index in [1.165, 1.54) is 16.8 Å². The zero-order valence-electron chi connectivity index (χ0n) is 17.1. The van der Waals surface area contributed by atoms with Crippen LogP contribution in [0.4, 0.5) is 5.69 Å². The fourth-order valence-corrected chi connectivity index (χ4v) is 4.52. The molecule has 0 aliphatic carbocycles. The molecule has 1 fully saturated rings. The number of fused-ring (bicyclic) bond motifs is 1. The van der Waals surface area contributed by atoms with Gasteiger partial charge >= 0.3 is 0 Å². The summed E-state index contributed by atoms with van der Waals surface area (Å²) in [6, 6.07) is 12.6. The number of aryl methyl sites for hydroxylation is 1. The smallest absolute Gasteiger partial charge is 0.153 e. The van der Waals surface area contributed by atoms with Crippen LogP contribution in [0.3, 0.4) is 0 Å². The fraction of sp³-hybridized carbons (Fsp3) is 0.391. The van der Waals surface area contributed by atoms with Crippen LogP contribution in [0.15, 0.2) is 42.6 Å². The number of benzene rings is 1. The summed E-state index contributed by atoms with van der Waals surface area (Å²) in [6.07, 6.45) is 2.85. The Kier molecular flexibility index (Phi) is 4.72. The maximum Gasteiger partial charge on any atom is 0.153 e. The van der Waals surface area contributed by atoms with Gasteiger partial charge in [-0.25, -0.2) is 9.67 Å². The molecule has 0 amide bonds. The van der Waals surface area contributed by atoms with Crippen LogP contribution in [0.2, 0.25) is 0 Å². The van der Waals surface area contributed by atoms with E-state index in [1.807, 2.05) is 29.1 Å². The molecule has 4 heterocycles. The lowest BCUT2D eigenvalue weighted by atomic mass is 10.1. The van der Waals surface area contributed by atoms with Crippen LogP contribution >= 0.6 is 0 Å². The molecule has 29 heavy (non-hydrogen) atoms. The summed E-state index contributed by atoms with van der Waals surface area (Å²) in [4.78, 5) is 9.48. The summed E-state index contributed by atoms with van der Waals surface area (Å²) in [6.45, 7) is 10.2. The maximum absolute atomic E-state index is 5.63. The Morgan fingerprint density at radius 2 is 1.90 bits per heavy atom. The predicted molar refractivity (Wildman–Crippen MR) is 114 cm³/mol. The lowest BCUT2D eigenvalue weighted by molar-refractivity contribution is 0.249. The van der Waals surface area contributed by atoms with Gasteiger partial charge in [-0.05, 0) is 43.2 Å². The van der Waals surface area contributed by atoms with Crippen molar-refractivity contribution in [1.29, 1.82) is 0 Å². The first-order valence-corrected chi connectivity index (χ1v) is 10.4. The van der Waals surface area contributed by atoms with E-state index in [0.717, 1.165) is 68.7 Å². The number of pyridine rings is 1. The van der Waals surface area contributed by atoms with Gasteiger partial charge in [0.1, 0.15) is 5.75 Å². The summed E-state index contributed by atoms with van der Waals surface area (Å²) in [5, 5.41) is 4.76. The molecule has 1 aromatic carbocycles. The van der Waals surface area contributed by atoms with Crippen molar-refractivity contribution < 1.29 is 4.74 Å². The van der Waals surface area contributed by atoms with Crippen LogP contribution in [0.1, 0.15) is 22.5 Å². The number of hydrogen-bond acceptors (Lipinski definition) is 5. The van der Waals surface area contributed by atoms with Gasteiger partial charge in [0.15, 0.2) is 5.82 Å². The largest absolute Gasteiger partial charge is 0.493 e. The highest BCUT2D eigenvalue weighted by molar-refractivity contribution is 5.56. The third kappa shape index (κ3) is 3.49. The van der Waals surface area contributed by atoms with Gasteiger partial charge in [0.2, 0.25) is 0 Å². The first-order chi connectivity index (χ1) is 14.2. The number of rotatable bonds is 4. The molecule has 0 atom stereocenters. The fourth-order valence-electron chi connectivity index (χ4n) is 4.52. The monoisotopic (exact) mass is 389 g/mol. The quantitative estimate of drug-likeness (QED) is 0.686. The standard InChI is InChI=1S/C23H27N5O/c1-17-23(18(2)28(25-17)22-5-3-4-9-24-22)27-12-10-26(11-13-27)16-19-6-7-21-20(15-19)8-14-29-21/h3-7,9,15H,8,10-14,16H2,1-2H3. The molecule has 1 saturated heterocycles. The minimum Gasteiger partial charge on any atom is -0.493 e. The van der Waals surface area contributed by atoms with Crippen molar-refractivity contribution in [2.75, 3.05) is 37.7 Å². The van der Waals surface area contributed by atoms with Gasteiger partial charge < -0.3 is 9.64 Å². The lowest BCUT2D eigenvalue weighted by Gasteiger charge is -2.36. The van der Waals surface area contributed by atoms with Crippen molar-refractivity contribution in [3.8, 4) is 11.6 Å². The molecule has 0 spiro atoms. The molecule has 5 rings (SSSR count). The molecular formula is C23H27N5O. The van der Waals surface area contributed by atoms with Gasteiger partial charge in [0.25, 0.3) is 0 Å². The summed E-state index contributed by atoms with van der Waals surface area (Å²) in [7, 11) is 0. The SMILES string of the molecule is Cc1nn(-c2ccccn2)c(C)c1N1CCN(Cc2ccc3c(c2)CCO3)CC1. The van der Waals surface area contributed by atoms with E-state index >= 15 is 0 Å². The van der Waals surface area contributed by atoms with Gasteiger partial charge in [-0.1, -0.05) is 18.2 Å². The Balaban J connectivity index is 1.27. The molecule has 0 bridgehead atoms. The number of anilines is 1. The molecule has 0 radical (unpaired) electrons. The van der Waals surface area contributed by atoms with Crippen molar-refractivity contribution in [2.24, 2.45) is 0 Å². The number of nitrogens with zero attached hydrogens (tertiary/aromatic N) is 5. The van der Waals surface area contributed by atoms with Crippen LogP contribution in [0.25, 0.3) is 5.82 Å². The Morgan fingerprint density at radius 3 is 2.69 bits per heavy atom. The Morgan fingerprint density at radius 1 is 1.03 bits per heavy atom. The topological polar surface area (TPSA) is 46.4 Å². The summed E-state index contributed by atoms with van der Waals surface area (Å²) < 4.78 is 7.59. The first kappa shape index (κ1) is 18.2. The predicted octanol–water partition coefficient (Wildman–Crippen LogP) is 3.14. The van der Waals surface area contributed by atoms with Crippen LogP contribution in [0.5, 0.6) is 5.75 Å². The molecule has 6 heteroatoms. The Bertz CT molecular complexity index is 1010. The summed E-state index contributed by atoms with van der Waals surface area (Å²) in [5.74, 6) is 1.94. The van der Waals surface area contributed by atoms with Gasteiger partial charge in [-0.15, -0.1) is 0 Å². The molecule has 0 N–H and O–H groups in total. The van der Waals surface area contributed by atoms with E-state index in [0.29, 0.717) is 0 Å². The van der Waals surface area contributed by atoms with E-state index in [-0.39, 0.29) is 0 Å². The van der Waals surface area contributed by atoms with Gasteiger partial charge in [0, 0.05) is 45.3 Å². The third-order valence-corrected chi connectivity index (χ3v) is 5.97. The molecule has 6 nitrogen and oxygen atoms in total. The molecule has 2 aromatic heterocycles. The van der Waals surface area contributed by atoms with Crippen LogP contribution in [-0.2, 0) is 13.0 Å². The Labute approximate surface area is 171 Å². The first-order valence-electron chi connectivity index (χ1n) is 10.4. The van der Waals surface area contributed by atoms with E-state index in [1.54, 1.807) is 0 Å². The zero-order valence-corrected chi connectivity index (χ0v) is 17.1. The van der Waals surface area contributed by atoms with Crippen molar-refractivity contribution >= 4 is 5.69 Å². The van der Waals surface area contributed by atoms with Crippen LogP contribution < -0.4 is 9.64 Å². The summed E-state index contributed by atoms with van der Waals surface area (Å²) in [5.41, 5.74) is 6.23. The molecule has 2 aliphatic heterocycles. The van der Waals surface area contributed by atoms with E-state index in [4.69, 9.17) is 9.84 Å². The molecular weight excluding hydrogens is 362 g/mol. The second-order valence-electron chi connectivity index (χ2n) is 7.92. The van der Waals surface area contributed by atoms with Crippen molar-refractivity contribution in [3.63, 3.8) is 0 Å². The van der Waals surface area contributed by atoms with E-state index in [9.17, 15) is 0 Å². The normalized spacial score (nSPS) is 16.7. The molecule has 2 aliphatic rings. The third-order valence-electron chi connectivity index (χ3n) is 5.97. The van der Waals surface area contributed by atoms with E-state index < -0.39 is 0 Å². The minimum absolute atomic E-state index is 0.822. The number of hydrogen-bond donors (Lipinski definition) is 0. The number of ether oxygens (including phenoxy) is 1. The lowest BCUT2D eigenvalue weighted by Crippen LogP contribution is -2.46. The van der Waals surface area contributed by atoms with Crippen molar-refractivity contribution in [1.82, 2.24) is 19.7 Å². The van der Waals surface area contributed by atoms with Gasteiger partial charge in [0.05, 0.1) is 23.7 Å². The van der Waals surface area contributed by atoms with Crippen molar-refractivity contribution in [2.45, 2.75) is 26.8 Å². The van der Waals surface area contributed by atoms with E-state index in [2.05, 4.69) is 46.8 Å². The molecule has 0 unspecified atom stereocenters. The average molecular weight is 390 g/mol. The second kappa shape index (κ2) is 7.52. The minimum atomic E-state index is 0.822. The highest BCUT2D eigenvalue weighted by atomic mass is 16.5. The highest BCUT2D eigenvalue weighted by Crippen LogP contribution is 2.29. The molecule has 150 valence electrons. The van der Waals surface area contributed by atoms with Crippen LogP contribution in [0, 0.1) is 13.8 Å². The maximum atomic E-state index is 5.63. The highest BCUT2D eigenvalue weighted by Gasteiger charge is 2.24. The molecule has 3 aromatic rings. The average Bonchev–Trinajstić information content (AvgIpc) is 3.33. The summed E-state index contributed by atoms with van der Waals surface area (Å²) >= 11 is 0. The Hall–Kier alpha value is -2.86. The second-order valence-corrected chi connectivity index (χ2v) is 7.92. The molecule has 0 saturated carbocycles. The van der Waals surface area contributed by atoms with Crippen LogP contribution in [-0.4, -0.2) is 52.5 Å². The number of aromatic nitrogens is 3. The van der Waals surface area contributed by atoms with Gasteiger partial charge in [-0.2, -0.15) is 5.10 Å². The van der Waals surface area contributed by atoms with Gasteiger partial charge in [-0.3, -0.25) is 4.90 Å².